The third-order valence-corrected chi connectivity index (χ3v) is 7.18. The SMILES string of the molecule is Clc1onc(C2CCNCC2)c1[I-]I. The molecule has 14 heavy (non-hydrogen) atoms. The zero-order valence-corrected chi connectivity index (χ0v) is 12.5. The minimum atomic E-state index is -0.0620. The fraction of sp³-hybridized carbons (Fsp3) is 0.625. The Kier molecular flexibility index (Phi) is 4.33. The maximum absolute atomic E-state index is 5.94. The van der Waals surface area contributed by atoms with Crippen LogP contribution in [0, 0.1) is 3.57 Å². The number of halogens is 3. The molecule has 0 amide bonds. The molecule has 2 heterocycles. The third-order valence-electron chi connectivity index (χ3n) is 2.42. The van der Waals surface area contributed by atoms with Gasteiger partial charge in [0.2, 0.25) is 0 Å². The first kappa shape index (κ1) is 11.4. The van der Waals surface area contributed by atoms with E-state index in [0.717, 1.165) is 31.6 Å². The van der Waals surface area contributed by atoms with E-state index in [1.54, 1.807) is 0 Å². The molecule has 0 aliphatic carbocycles. The summed E-state index contributed by atoms with van der Waals surface area (Å²) in [5.41, 5.74) is 1.12. The van der Waals surface area contributed by atoms with Gasteiger partial charge in [-0.1, -0.05) is 0 Å². The van der Waals surface area contributed by atoms with Crippen molar-refractivity contribution in [2.24, 2.45) is 0 Å². The molecule has 1 fully saturated rings. The summed E-state index contributed by atoms with van der Waals surface area (Å²) in [6, 6.07) is 0. The molecule has 1 aromatic heterocycles. The first-order valence-electron chi connectivity index (χ1n) is 4.44. The van der Waals surface area contributed by atoms with E-state index in [2.05, 4.69) is 29.1 Å². The van der Waals surface area contributed by atoms with E-state index >= 15 is 0 Å². The second-order valence-electron chi connectivity index (χ2n) is 3.25. The van der Waals surface area contributed by atoms with E-state index in [0.29, 0.717) is 11.1 Å². The van der Waals surface area contributed by atoms with Crippen molar-refractivity contribution in [1.82, 2.24) is 10.5 Å². The number of nitrogens with zero attached hydrogens (tertiary/aromatic N) is 1. The van der Waals surface area contributed by atoms with E-state index in [9.17, 15) is 0 Å². The molecule has 1 aliphatic heterocycles. The molecular formula is C8H10ClI2N2O-. The number of piperidine rings is 1. The van der Waals surface area contributed by atoms with Gasteiger partial charge in [-0.15, -0.1) is 0 Å². The van der Waals surface area contributed by atoms with Crippen LogP contribution in [0.15, 0.2) is 4.52 Å². The molecule has 0 unspecified atom stereocenters. The summed E-state index contributed by atoms with van der Waals surface area (Å²) in [5.74, 6) is 0.553. The molecule has 1 aromatic rings. The number of hydrogen-bond donors (Lipinski definition) is 1. The quantitative estimate of drug-likeness (QED) is 0.626. The van der Waals surface area contributed by atoms with Gasteiger partial charge in [0.25, 0.3) is 0 Å². The van der Waals surface area contributed by atoms with Crippen molar-refractivity contribution in [2.45, 2.75) is 18.8 Å². The van der Waals surface area contributed by atoms with Crippen molar-refractivity contribution in [2.75, 3.05) is 13.1 Å². The van der Waals surface area contributed by atoms with Gasteiger partial charge in [-0.05, 0) is 0 Å². The Bertz CT molecular complexity index is 312. The van der Waals surface area contributed by atoms with Gasteiger partial charge in [0, 0.05) is 0 Å². The van der Waals surface area contributed by atoms with Crippen LogP contribution in [0.4, 0.5) is 0 Å². The fourth-order valence-corrected chi connectivity index (χ4v) is 6.51. The Morgan fingerprint density at radius 1 is 1.50 bits per heavy atom. The molecule has 80 valence electrons. The van der Waals surface area contributed by atoms with Crippen molar-refractivity contribution in [1.29, 1.82) is 0 Å². The van der Waals surface area contributed by atoms with Crippen LogP contribution in [-0.2, 0) is 0 Å². The summed E-state index contributed by atoms with van der Waals surface area (Å²) in [6.07, 6.45) is 2.30. The van der Waals surface area contributed by atoms with Crippen LogP contribution in [0.5, 0.6) is 0 Å². The number of aromatic nitrogens is 1. The molecule has 3 nitrogen and oxygen atoms in total. The van der Waals surface area contributed by atoms with Crippen LogP contribution < -0.4 is 22.5 Å². The molecular weight excluding hydrogens is 429 g/mol. The predicted molar refractivity (Wildman–Crippen MR) is 59.1 cm³/mol. The van der Waals surface area contributed by atoms with E-state index in [1.807, 2.05) is 0 Å². The summed E-state index contributed by atoms with van der Waals surface area (Å²) >= 11 is 8.29. The average Bonchev–Trinajstić information content (AvgIpc) is 2.61. The molecule has 2 rings (SSSR count). The molecule has 0 atom stereocenters. The molecule has 6 heteroatoms. The summed E-state index contributed by atoms with van der Waals surface area (Å²) < 4.78 is 6.25. The summed E-state index contributed by atoms with van der Waals surface area (Å²) in [5, 5.41) is 7.96. The van der Waals surface area contributed by atoms with Crippen LogP contribution in [0.2, 0.25) is 5.22 Å². The van der Waals surface area contributed by atoms with Gasteiger partial charge in [0.15, 0.2) is 0 Å². The molecule has 1 saturated heterocycles. The van der Waals surface area contributed by atoms with Gasteiger partial charge in [-0.25, -0.2) is 0 Å². The maximum atomic E-state index is 5.94. The fourth-order valence-electron chi connectivity index (χ4n) is 1.68. The van der Waals surface area contributed by atoms with Gasteiger partial charge >= 0.3 is 109 Å². The number of hydrogen-bond acceptors (Lipinski definition) is 3. The van der Waals surface area contributed by atoms with Crippen LogP contribution in [0.25, 0.3) is 0 Å². The van der Waals surface area contributed by atoms with Gasteiger partial charge in [-0.2, -0.15) is 0 Å². The summed E-state index contributed by atoms with van der Waals surface area (Å²) in [7, 11) is 0. The van der Waals surface area contributed by atoms with E-state index in [1.165, 1.54) is 3.57 Å². The Hall–Kier alpha value is 0.920. The molecule has 0 spiro atoms. The molecule has 0 bridgehead atoms. The Balaban J connectivity index is 2.21. The van der Waals surface area contributed by atoms with Gasteiger partial charge in [-0.3, -0.25) is 0 Å². The zero-order chi connectivity index (χ0) is 9.97. The Morgan fingerprint density at radius 2 is 2.21 bits per heavy atom. The van der Waals surface area contributed by atoms with Crippen molar-refractivity contribution in [3.05, 3.63) is 14.5 Å². The van der Waals surface area contributed by atoms with Gasteiger partial charge in [0.1, 0.15) is 0 Å². The second kappa shape index (κ2) is 5.31. The van der Waals surface area contributed by atoms with Crippen LogP contribution >= 0.6 is 30.2 Å². The molecule has 0 saturated carbocycles. The summed E-state index contributed by atoms with van der Waals surface area (Å²) in [6.45, 7) is 2.16. The van der Waals surface area contributed by atoms with Crippen molar-refractivity contribution >= 4 is 30.2 Å². The normalized spacial score (nSPS) is 19.0. The van der Waals surface area contributed by atoms with E-state index in [4.69, 9.17) is 16.1 Å². The summed E-state index contributed by atoms with van der Waals surface area (Å²) in [4.78, 5) is 0. The molecule has 0 radical (unpaired) electrons. The standard InChI is InChI=1S/C8H10ClI2N2O/c9-8-6(11-10)7(13-14-8)5-1-3-12-4-2-5/h5,12H,1-4H2/q-1. The number of rotatable bonds is 2. The van der Waals surface area contributed by atoms with Crippen molar-refractivity contribution in [3.63, 3.8) is 0 Å². The average molecular weight is 439 g/mol. The van der Waals surface area contributed by atoms with Crippen LogP contribution in [-0.4, -0.2) is 18.2 Å². The van der Waals surface area contributed by atoms with Crippen LogP contribution in [0.3, 0.4) is 0 Å². The first-order valence-corrected chi connectivity index (χ1v) is 12.2. The minimum absolute atomic E-state index is 0.0620. The first-order chi connectivity index (χ1) is 6.83. The Labute approximate surface area is 108 Å². The monoisotopic (exact) mass is 439 g/mol. The second-order valence-corrected chi connectivity index (χ2v) is 7.82. The van der Waals surface area contributed by atoms with Gasteiger partial charge < -0.3 is 0 Å². The molecule has 0 aromatic carbocycles. The number of nitrogens with one attached hydrogen (secondary N) is 1. The molecule has 1 N–H and O–H groups in total. The third kappa shape index (κ3) is 2.35. The van der Waals surface area contributed by atoms with E-state index in [-0.39, 0.29) is 17.2 Å². The Morgan fingerprint density at radius 3 is 2.86 bits per heavy atom. The topological polar surface area (TPSA) is 38.1 Å². The van der Waals surface area contributed by atoms with Crippen molar-refractivity contribution < 1.29 is 21.8 Å². The molecule has 1 aliphatic rings. The van der Waals surface area contributed by atoms with Crippen molar-refractivity contribution in [3.8, 4) is 0 Å². The van der Waals surface area contributed by atoms with E-state index < -0.39 is 0 Å². The zero-order valence-electron chi connectivity index (χ0n) is 7.40. The van der Waals surface area contributed by atoms with Gasteiger partial charge in [0.05, 0.1) is 0 Å². The van der Waals surface area contributed by atoms with Crippen LogP contribution in [0.1, 0.15) is 24.5 Å². The predicted octanol–water partition coefficient (Wildman–Crippen LogP) is -0.596.